The van der Waals surface area contributed by atoms with Crippen LogP contribution in [0.5, 0.6) is 6.01 Å². The fraction of sp³-hybridized carbons (Fsp3) is 0.412. The molecule has 1 aliphatic rings. The normalized spacial score (nSPS) is 19.3. The summed E-state index contributed by atoms with van der Waals surface area (Å²) in [6.07, 6.45) is 3.39. The summed E-state index contributed by atoms with van der Waals surface area (Å²) in [7, 11) is 0. The highest BCUT2D eigenvalue weighted by Crippen LogP contribution is 2.14. The molecule has 1 aromatic carbocycles. The van der Waals surface area contributed by atoms with Crippen molar-refractivity contribution < 1.29 is 4.74 Å². The van der Waals surface area contributed by atoms with Gasteiger partial charge in [-0.1, -0.05) is 23.7 Å². The van der Waals surface area contributed by atoms with E-state index in [9.17, 15) is 0 Å². The summed E-state index contributed by atoms with van der Waals surface area (Å²) in [5, 5.41) is 4.25. The third-order valence-corrected chi connectivity index (χ3v) is 4.12. The lowest BCUT2D eigenvalue weighted by molar-refractivity contribution is 0.182. The number of nitrogens with zero attached hydrogens (tertiary/aromatic N) is 3. The van der Waals surface area contributed by atoms with E-state index in [1.165, 1.54) is 5.56 Å². The number of benzene rings is 1. The third kappa shape index (κ3) is 5.16. The summed E-state index contributed by atoms with van der Waals surface area (Å²) in [4.78, 5) is 10.7. The Labute approximate surface area is 141 Å². The van der Waals surface area contributed by atoms with E-state index in [2.05, 4.69) is 32.3 Å². The van der Waals surface area contributed by atoms with Crippen molar-refractivity contribution in [2.24, 2.45) is 5.92 Å². The Kier molecular flexibility index (Phi) is 5.80. The van der Waals surface area contributed by atoms with Gasteiger partial charge in [-0.05, 0) is 23.8 Å². The van der Waals surface area contributed by atoms with Gasteiger partial charge >= 0.3 is 6.01 Å². The number of aromatic nitrogens is 2. The molecule has 5 nitrogen and oxygen atoms in total. The lowest BCUT2D eigenvalue weighted by atomic mass is 10.1. The Bertz CT molecular complexity index is 593. The zero-order valence-corrected chi connectivity index (χ0v) is 13.7. The summed E-state index contributed by atoms with van der Waals surface area (Å²) in [5.74, 6) is 0.411. The van der Waals surface area contributed by atoms with Gasteiger partial charge in [0.1, 0.15) is 0 Å². The van der Waals surface area contributed by atoms with Gasteiger partial charge in [0.15, 0.2) is 0 Å². The Morgan fingerprint density at radius 1 is 1.22 bits per heavy atom. The number of halogens is 1. The maximum atomic E-state index is 5.95. The topological polar surface area (TPSA) is 50.3 Å². The molecule has 1 N–H and O–H groups in total. The summed E-state index contributed by atoms with van der Waals surface area (Å²) in [6, 6.07) is 10.3. The van der Waals surface area contributed by atoms with Gasteiger partial charge in [-0.2, -0.15) is 0 Å². The van der Waals surface area contributed by atoms with E-state index in [0.29, 0.717) is 18.5 Å². The minimum absolute atomic E-state index is 0.411. The summed E-state index contributed by atoms with van der Waals surface area (Å²) < 4.78 is 5.71. The first-order valence-corrected chi connectivity index (χ1v) is 8.25. The van der Waals surface area contributed by atoms with E-state index in [1.54, 1.807) is 18.5 Å². The lowest BCUT2D eigenvalue weighted by Crippen LogP contribution is -2.32. The molecule has 0 bridgehead atoms. The predicted octanol–water partition coefficient (Wildman–Crippen LogP) is 2.23. The molecule has 1 aliphatic heterocycles. The highest BCUT2D eigenvalue weighted by Gasteiger charge is 2.19. The van der Waals surface area contributed by atoms with E-state index in [4.69, 9.17) is 16.3 Å². The lowest BCUT2D eigenvalue weighted by Gasteiger charge is -2.23. The zero-order chi connectivity index (χ0) is 15.9. The van der Waals surface area contributed by atoms with Crippen molar-refractivity contribution in [3.05, 3.63) is 53.3 Å². The van der Waals surface area contributed by atoms with Gasteiger partial charge < -0.3 is 10.1 Å². The van der Waals surface area contributed by atoms with Crippen LogP contribution >= 0.6 is 11.6 Å². The highest BCUT2D eigenvalue weighted by molar-refractivity contribution is 6.30. The predicted molar refractivity (Wildman–Crippen MR) is 90.6 cm³/mol. The molecular formula is C17H21ClN4O. The van der Waals surface area contributed by atoms with Crippen LogP contribution in [0.2, 0.25) is 5.02 Å². The van der Waals surface area contributed by atoms with Crippen LogP contribution in [-0.4, -0.2) is 47.7 Å². The van der Waals surface area contributed by atoms with Crippen molar-refractivity contribution in [1.82, 2.24) is 20.2 Å². The molecule has 3 rings (SSSR count). The van der Waals surface area contributed by atoms with Crippen LogP contribution in [-0.2, 0) is 6.54 Å². The van der Waals surface area contributed by atoms with Crippen molar-refractivity contribution in [3.8, 4) is 6.01 Å². The van der Waals surface area contributed by atoms with Gasteiger partial charge in [0.05, 0.1) is 6.61 Å². The number of rotatable bonds is 5. The Balaban J connectivity index is 1.54. The van der Waals surface area contributed by atoms with Crippen LogP contribution in [0, 0.1) is 5.92 Å². The fourth-order valence-electron chi connectivity index (χ4n) is 2.72. The van der Waals surface area contributed by atoms with E-state index in [1.807, 2.05) is 12.1 Å². The monoisotopic (exact) mass is 332 g/mol. The second-order valence-electron chi connectivity index (χ2n) is 5.77. The van der Waals surface area contributed by atoms with Crippen molar-refractivity contribution in [1.29, 1.82) is 0 Å². The Morgan fingerprint density at radius 2 is 2.00 bits per heavy atom. The van der Waals surface area contributed by atoms with Crippen molar-refractivity contribution in [3.63, 3.8) is 0 Å². The molecule has 23 heavy (non-hydrogen) atoms. The van der Waals surface area contributed by atoms with Crippen molar-refractivity contribution in [2.75, 3.05) is 32.8 Å². The summed E-state index contributed by atoms with van der Waals surface area (Å²) in [6.45, 7) is 5.50. The molecular weight excluding hydrogens is 312 g/mol. The van der Waals surface area contributed by atoms with Gasteiger partial charge in [0.25, 0.3) is 0 Å². The van der Waals surface area contributed by atoms with Gasteiger partial charge in [-0.3, -0.25) is 4.90 Å². The van der Waals surface area contributed by atoms with Crippen LogP contribution in [0.15, 0.2) is 42.7 Å². The zero-order valence-electron chi connectivity index (χ0n) is 13.0. The molecule has 0 saturated carbocycles. The molecule has 6 heteroatoms. The smallest absolute Gasteiger partial charge is 0.316 e. The fourth-order valence-corrected chi connectivity index (χ4v) is 2.85. The first-order valence-electron chi connectivity index (χ1n) is 7.87. The molecule has 2 aromatic rings. The van der Waals surface area contributed by atoms with E-state index >= 15 is 0 Å². The van der Waals surface area contributed by atoms with Gasteiger partial charge in [0, 0.05) is 56.1 Å². The summed E-state index contributed by atoms with van der Waals surface area (Å²) in [5.41, 5.74) is 1.28. The number of hydrogen-bond donors (Lipinski definition) is 1. The van der Waals surface area contributed by atoms with Crippen LogP contribution in [0.1, 0.15) is 5.56 Å². The molecule has 1 fully saturated rings. The number of nitrogens with one attached hydrogen (secondary N) is 1. The number of ether oxygens (including phenoxy) is 1. The molecule has 1 saturated heterocycles. The molecule has 0 amide bonds. The van der Waals surface area contributed by atoms with E-state index < -0.39 is 0 Å². The largest absolute Gasteiger partial charge is 0.463 e. The molecule has 1 unspecified atom stereocenters. The third-order valence-electron chi connectivity index (χ3n) is 3.86. The average molecular weight is 333 g/mol. The second-order valence-corrected chi connectivity index (χ2v) is 6.21. The van der Waals surface area contributed by atoms with Gasteiger partial charge in [-0.15, -0.1) is 0 Å². The molecule has 1 aromatic heterocycles. The van der Waals surface area contributed by atoms with E-state index in [-0.39, 0.29) is 0 Å². The molecule has 0 radical (unpaired) electrons. The van der Waals surface area contributed by atoms with Crippen LogP contribution in [0.25, 0.3) is 0 Å². The van der Waals surface area contributed by atoms with Crippen molar-refractivity contribution in [2.45, 2.75) is 6.54 Å². The Hall–Kier alpha value is -1.69. The van der Waals surface area contributed by atoms with E-state index in [0.717, 1.165) is 37.7 Å². The second kappa shape index (κ2) is 8.24. The molecule has 0 spiro atoms. The SMILES string of the molecule is Clc1ccc(CN2CCNCC(COc3ncccn3)C2)cc1. The molecule has 2 heterocycles. The van der Waals surface area contributed by atoms with Crippen LogP contribution < -0.4 is 10.1 Å². The van der Waals surface area contributed by atoms with Gasteiger partial charge in [-0.25, -0.2) is 9.97 Å². The Morgan fingerprint density at radius 3 is 2.78 bits per heavy atom. The number of hydrogen-bond acceptors (Lipinski definition) is 5. The first-order chi connectivity index (χ1) is 11.3. The summed E-state index contributed by atoms with van der Waals surface area (Å²) >= 11 is 5.95. The average Bonchev–Trinajstić information content (AvgIpc) is 2.81. The van der Waals surface area contributed by atoms with Gasteiger partial charge in [0.2, 0.25) is 0 Å². The quantitative estimate of drug-likeness (QED) is 0.910. The minimum Gasteiger partial charge on any atom is -0.463 e. The first kappa shape index (κ1) is 16.2. The molecule has 0 aliphatic carbocycles. The molecule has 1 atom stereocenters. The van der Waals surface area contributed by atoms with Crippen LogP contribution in [0.3, 0.4) is 0 Å². The highest BCUT2D eigenvalue weighted by atomic mass is 35.5. The maximum absolute atomic E-state index is 5.95. The van der Waals surface area contributed by atoms with Crippen LogP contribution in [0.4, 0.5) is 0 Å². The van der Waals surface area contributed by atoms with Crippen molar-refractivity contribution >= 4 is 11.6 Å². The minimum atomic E-state index is 0.411. The molecule has 122 valence electrons. The maximum Gasteiger partial charge on any atom is 0.316 e. The standard InChI is InChI=1S/C17H21ClN4O/c18-16-4-2-14(3-5-16)11-22-9-8-19-10-15(12-22)13-23-17-20-6-1-7-21-17/h1-7,15,19H,8-13H2.